The minimum absolute atomic E-state index is 0.0133. The van der Waals surface area contributed by atoms with Crippen LogP contribution in [-0.4, -0.2) is 43.2 Å². The largest absolute Gasteiger partial charge is 0.358 e. The number of likely N-dealkylation sites (tertiary alicyclic amines) is 1. The Morgan fingerprint density at radius 1 is 1.10 bits per heavy atom. The van der Waals surface area contributed by atoms with Gasteiger partial charge in [-0.3, -0.25) is 9.59 Å². The molecular weight excluding hydrogens is 557 g/mol. The first kappa shape index (κ1) is 27.5. The van der Waals surface area contributed by atoms with Crippen LogP contribution in [0.5, 0.6) is 0 Å². The highest BCUT2D eigenvalue weighted by Gasteiger charge is 2.30. The van der Waals surface area contributed by atoms with Gasteiger partial charge in [-0.05, 0) is 74.6 Å². The van der Waals surface area contributed by atoms with Gasteiger partial charge in [-0.1, -0.05) is 36.2 Å². The van der Waals surface area contributed by atoms with Crippen LogP contribution in [0.2, 0.25) is 10.0 Å². The van der Waals surface area contributed by atoms with Crippen molar-refractivity contribution >= 4 is 62.2 Å². The van der Waals surface area contributed by atoms with Crippen molar-refractivity contribution in [3.05, 3.63) is 80.1 Å². The molecule has 1 fully saturated rings. The normalized spacial score (nSPS) is 17.0. The molecule has 2 aromatic carbocycles. The van der Waals surface area contributed by atoms with Crippen LogP contribution >= 0.6 is 23.2 Å². The molecule has 3 heterocycles. The molecule has 0 radical (unpaired) electrons. The van der Waals surface area contributed by atoms with Crippen LogP contribution in [0.25, 0.3) is 11.6 Å². The van der Waals surface area contributed by atoms with Crippen LogP contribution in [0.1, 0.15) is 58.2 Å². The SMILES string of the molecule is Cc1[nH]c(C=C2C(=O)Nc3ccc(S(=O)(=O)Cc4c(Cl)cccc4Cl)cc32)c(C)c1C(=O)N1CCC(C)CC1. The Morgan fingerprint density at radius 2 is 1.77 bits per heavy atom. The number of piperidine rings is 1. The van der Waals surface area contributed by atoms with E-state index in [0.717, 1.165) is 37.2 Å². The number of halogens is 2. The van der Waals surface area contributed by atoms with Crippen molar-refractivity contribution in [3.63, 3.8) is 0 Å². The fraction of sp³-hybridized carbons (Fsp3) is 0.310. The lowest BCUT2D eigenvalue weighted by Crippen LogP contribution is -2.38. The van der Waals surface area contributed by atoms with E-state index in [1.54, 1.807) is 30.3 Å². The molecule has 2 N–H and O–H groups in total. The number of anilines is 1. The maximum absolute atomic E-state index is 13.3. The predicted molar refractivity (Wildman–Crippen MR) is 155 cm³/mol. The second kappa shape index (κ2) is 10.5. The summed E-state index contributed by atoms with van der Waals surface area (Å²) in [5.74, 6) is -0.126. The van der Waals surface area contributed by atoms with Crippen LogP contribution in [0.3, 0.4) is 0 Å². The molecule has 0 unspecified atom stereocenters. The third-order valence-electron chi connectivity index (χ3n) is 7.58. The second-order valence-corrected chi connectivity index (χ2v) is 13.1. The molecule has 5 rings (SSSR count). The molecule has 204 valence electrons. The molecule has 0 aliphatic carbocycles. The van der Waals surface area contributed by atoms with Crippen LogP contribution < -0.4 is 5.32 Å². The summed E-state index contributed by atoms with van der Waals surface area (Å²) in [6.07, 6.45) is 3.64. The quantitative estimate of drug-likeness (QED) is 0.344. The molecule has 0 atom stereocenters. The zero-order chi connectivity index (χ0) is 28.1. The fourth-order valence-electron chi connectivity index (χ4n) is 5.20. The van der Waals surface area contributed by atoms with Crippen LogP contribution in [0, 0.1) is 19.8 Å². The summed E-state index contributed by atoms with van der Waals surface area (Å²) in [6.45, 7) is 7.37. The minimum atomic E-state index is -3.83. The monoisotopic (exact) mass is 585 g/mol. The molecule has 0 saturated carbocycles. The van der Waals surface area contributed by atoms with E-state index in [9.17, 15) is 18.0 Å². The van der Waals surface area contributed by atoms with Gasteiger partial charge in [-0.25, -0.2) is 8.42 Å². The third kappa shape index (κ3) is 5.25. The zero-order valence-corrected chi connectivity index (χ0v) is 24.2. The number of nitrogens with zero attached hydrogens (tertiary/aromatic N) is 1. The van der Waals surface area contributed by atoms with Crippen LogP contribution in [-0.2, 0) is 20.4 Å². The molecule has 3 aromatic rings. The van der Waals surface area contributed by atoms with Crippen LogP contribution in [0.15, 0.2) is 41.3 Å². The number of carbonyl (C=O) groups is 2. The number of aromatic amines is 1. The van der Waals surface area contributed by atoms with Gasteiger partial charge in [0.15, 0.2) is 9.84 Å². The molecule has 1 saturated heterocycles. The van der Waals surface area contributed by atoms with Gasteiger partial charge in [-0.2, -0.15) is 0 Å². The van der Waals surface area contributed by atoms with E-state index in [1.807, 2.05) is 18.7 Å². The van der Waals surface area contributed by atoms with Crippen molar-refractivity contribution in [1.82, 2.24) is 9.88 Å². The van der Waals surface area contributed by atoms with Crippen molar-refractivity contribution in [3.8, 4) is 0 Å². The van der Waals surface area contributed by atoms with Gasteiger partial charge in [0.25, 0.3) is 11.8 Å². The first-order valence-electron chi connectivity index (χ1n) is 12.8. The highest BCUT2D eigenvalue weighted by atomic mass is 35.5. The average Bonchev–Trinajstić information content (AvgIpc) is 3.35. The van der Waals surface area contributed by atoms with Gasteiger partial charge in [0.05, 0.1) is 21.8 Å². The average molecular weight is 587 g/mol. The Hall–Kier alpha value is -3.07. The number of rotatable bonds is 5. The Morgan fingerprint density at radius 3 is 2.44 bits per heavy atom. The molecule has 0 spiro atoms. The first-order chi connectivity index (χ1) is 18.5. The molecule has 2 amide bonds. The number of fused-ring (bicyclic) bond motifs is 1. The Bertz CT molecular complexity index is 1610. The summed E-state index contributed by atoms with van der Waals surface area (Å²) in [4.78, 5) is 31.5. The standard InChI is InChI=1S/C29H29Cl2N3O4S/c1-16-9-11-34(12-10-16)29(36)27-17(2)26(32-18(27)3)14-21-20-13-19(7-8-25(20)33-28(21)35)39(37,38)15-22-23(30)5-4-6-24(22)31/h4-8,13-14,16,32H,9-12,15H2,1-3H3,(H,33,35). The molecular formula is C29H29Cl2N3O4S. The number of H-pyrrole nitrogens is 1. The Balaban J connectivity index is 1.48. The summed E-state index contributed by atoms with van der Waals surface area (Å²) < 4.78 is 26.6. The lowest BCUT2D eigenvalue weighted by Gasteiger charge is -2.30. The molecule has 2 aliphatic heterocycles. The summed E-state index contributed by atoms with van der Waals surface area (Å²) in [6, 6.07) is 9.37. The topological polar surface area (TPSA) is 99.3 Å². The molecule has 0 bridgehead atoms. The molecule has 1 aromatic heterocycles. The van der Waals surface area contributed by atoms with E-state index < -0.39 is 9.84 Å². The number of amides is 2. The first-order valence-corrected chi connectivity index (χ1v) is 15.2. The van der Waals surface area contributed by atoms with Gasteiger partial charge in [-0.15, -0.1) is 0 Å². The lowest BCUT2D eigenvalue weighted by molar-refractivity contribution is -0.110. The smallest absolute Gasteiger partial charge is 0.256 e. The number of aromatic nitrogens is 1. The number of aryl methyl sites for hydroxylation is 1. The molecule has 39 heavy (non-hydrogen) atoms. The van der Waals surface area contributed by atoms with Gasteiger partial charge in [0, 0.05) is 51.3 Å². The van der Waals surface area contributed by atoms with Gasteiger partial charge in [0.2, 0.25) is 0 Å². The van der Waals surface area contributed by atoms with Crippen molar-refractivity contribution < 1.29 is 18.0 Å². The highest BCUT2D eigenvalue weighted by Crippen LogP contribution is 2.37. The van der Waals surface area contributed by atoms with Gasteiger partial charge in [0.1, 0.15) is 0 Å². The number of carbonyl (C=O) groups excluding carboxylic acids is 2. The highest BCUT2D eigenvalue weighted by molar-refractivity contribution is 7.90. The number of sulfone groups is 1. The molecule has 7 nitrogen and oxygen atoms in total. The minimum Gasteiger partial charge on any atom is -0.358 e. The van der Waals surface area contributed by atoms with E-state index in [2.05, 4.69) is 17.2 Å². The maximum atomic E-state index is 13.3. The number of nitrogens with one attached hydrogen (secondary N) is 2. The number of hydrogen-bond donors (Lipinski definition) is 2. The maximum Gasteiger partial charge on any atom is 0.256 e. The predicted octanol–water partition coefficient (Wildman–Crippen LogP) is 6.28. The third-order valence-corrected chi connectivity index (χ3v) is 9.93. The van der Waals surface area contributed by atoms with E-state index in [4.69, 9.17) is 23.2 Å². The van der Waals surface area contributed by atoms with Crippen molar-refractivity contribution in [2.24, 2.45) is 5.92 Å². The lowest BCUT2D eigenvalue weighted by atomic mass is 9.98. The van der Waals surface area contributed by atoms with Gasteiger partial charge < -0.3 is 15.2 Å². The Labute approximate surface area is 238 Å². The van der Waals surface area contributed by atoms with E-state index in [1.165, 1.54) is 12.1 Å². The van der Waals surface area contributed by atoms with Crippen molar-refractivity contribution in [2.75, 3.05) is 18.4 Å². The van der Waals surface area contributed by atoms with E-state index >= 15 is 0 Å². The molecule has 2 aliphatic rings. The fourth-order valence-corrected chi connectivity index (χ4v) is 7.32. The van der Waals surface area contributed by atoms with Crippen molar-refractivity contribution in [1.29, 1.82) is 0 Å². The summed E-state index contributed by atoms with van der Waals surface area (Å²) in [5, 5.41) is 3.34. The van der Waals surface area contributed by atoms with E-state index in [-0.39, 0.29) is 32.5 Å². The van der Waals surface area contributed by atoms with Crippen LogP contribution in [0.4, 0.5) is 5.69 Å². The number of hydrogen-bond acceptors (Lipinski definition) is 4. The number of benzene rings is 2. The zero-order valence-electron chi connectivity index (χ0n) is 21.9. The van der Waals surface area contributed by atoms with Gasteiger partial charge >= 0.3 is 0 Å². The summed E-state index contributed by atoms with van der Waals surface area (Å²) in [7, 11) is -3.83. The van der Waals surface area contributed by atoms with E-state index in [0.29, 0.717) is 39.6 Å². The summed E-state index contributed by atoms with van der Waals surface area (Å²) in [5.41, 5.74) is 4.35. The molecule has 10 heteroatoms. The summed E-state index contributed by atoms with van der Waals surface area (Å²) >= 11 is 12.4. The van der Waals surface area contributed by atoms with Crippen molar-refractivity contribution in [2.45, 2.75) is 44.3 Å². The Kier molecular flexibility index (Phi) is 7.39. The second-order valence-electron chi connectivity index (χ2n) is 10.3.